The molecule has 0 spiro atoms. The summed E-state index contributed by atoms with van der Waals surface area (Å²) in [7, 11) is -3.83. The highest BCUT2D eigenvalue weighted by Crippen LogP contribution is 2.56. The molecule has 2 N–H and O–H groups in total. The highest BCUT2D eigenvalue weighted by molar-refractivity contribution is 7.92. The number of carbonyl (C=O) groups is 1. The molecule has 0 amide bonds. The molecule has 3 rings (SSSR count). The third-order valence-corrected chi connectivity index (χ3v) is 7.19. The van der Waals surface area contributed by atoms with Crippen molar-refractivity contribution < 1.29 is 17.9 Å². The fourth-order valence-corrected chi connectivity index (χ4v) is 5.76. The van der Waals surface area contributed by atoms with Crippen molar-refractivity contribution in [3.63, 3.8) is 0 Å². The van der Waals surface area contributed by atoms with E-state index in [-0.39, 0.29) is 11.5 Å². The second-order valence-electron chi connectivity index (χ2n) is 6.46. The van der Waals surface area contributed by atoms with Gasteiger partial charge in [-0.05, 0) is 43.7 Å². The molecule has 0 heterocycles. The van der Waals surface area contributed by atoms with E-state index in [2.05, 4.69) is 0 Å². The number of esters is 1. The fraction of sp³-hybridized carbons (Fsp3) is 0.316. The summed E-state index contributed by atoms with van der Waals surface area (Å²) in [4.78, 5) is 12.6. The van der Waals surface area contributed by atoms with E-state index >= 15 is 0 Å². The van der Waals surface area contributed by atoms with Gasteiger partial charge in [-0.25, -0.2) is 13.2 Å². The van der Waals surface area contributed by atoms with Gasteiger partial charge in [0.25, 0.3) is 0 Å². The Morgan fingerprint density at radius 1 is 1.23 bits per heavy atom. The number of carbonyl (C=O) groups excluding carboxylic acids is 1. The minimum absolute atomic E-state index is 0.122. The highest BCUT2D eigenvalue weighted by Gasteiger charge is 2.74. The summed E-state index contributed by atoms with van der Waals surface area (Å²) in [5, 5.41) is -0.651. The van der Waals surface area contributed by atoms with E-state index in [1.54, 1.807) is 43.3 Å². The summed E-state index contributed by atoms with van der Waals surface area (Å²) >= 11 is 6.04. The van der Waals surface area contributed by atoms with Crippen molar-refractivity contribution in [2.24, 2.45) is 5.73 Å². The molecule has 1 aliphatic rings. The summed E-state index contributed by atoms with van der Waals surface area (Å²) in [6.07, 6.45) is 0. The second kappa shape index (κ2) is 6.68. The standard InChI is InChI=1S/C19H20ClNO4S/c1-3-25-18(22)19(21)16(13-5-4-6-14(20)11-13)17(19)26(23,24)15-9-7-12(2)8-10-15/h4-11,16-17H,3,21H2,1-2H3/t16-,17-,19+/m1/s1. The van der Waals surface area contributed by atoms with Gasteiger partial charge in [0.05, 0.1) is 11.5 Å². The smallest absolute Gasteiger partial charge is 0.328 e. The molecule has 2 aromatic rings. The molecule has 1 aliphatic carbocycles. The van der Waals surface area contributed by atoms with Crippen LogP contribution in [0.5, 0.6) is 0 Å². The first kappa shape index (κ1) is 18.9. The Balaban J connectivity index is 2.07. The van der Waals surface area contributed by atoms with Gasteiger partial charge in [-0.2, -0.15) is 0 Å². The summed E-state index contributed by atoms with van der Waals surface area (Å²) < 4.78 is 31.4. The topological polar surface area (TPSA) is 86.5 Å². The van der Waals surface area contributed by atoms with E-state index < -0.39 is 32.5 Å². The van der Waals surface area contributed by atoms with Crippen LogP contribution in [0.2, 0.25) is 5.02 Å². The van der Waals surface area contributed by atoms with Crippen LogP contribution in [0.25, 0.3) is 0 Å². The minimum atomic E-state index is -3.83. The van der Waals surface area contributed by atoms with Gasteiger partial charge >= 0.3 is 5.97 Å². The number of aryl methyl sites for hydroxylation is 1. The molecule has 0 unspecified atom stereocenters. The molecule has 2 aromatic carbocycles. The predicted molar refractivity (Wildman–Crippen MR) is 99.9 cm³/mol. The Morgan fingerprint density at radius 3 is 2.46 bits per heavy atom. The molecule has 138 valence electrons. The molecule has 1 fully saturated rings. The molecule has 3 atom stereocenters. The Labute approximate surface area is 158 Å². The Bertz CT molecular complexity index is 942. The van der Waals surface area contributed by atoms with E-state index in [1.165, 1.54) is 12.1 Å². The van der Waals surface area contributed by atoms with Crippen molar-refractivity contribution in [3.05, 3.63) is 64.7 Å². The molecular weight excluding hydrogens is 374 g/mol. The van der Waals surface area contributed by atoms with E-state index in [0.29, 0.717) is 10.6 Å². The Kier molecular flexibility index (Phi) is 4.86. The molecule has 0 radical (unpaired) electrons. The number of halogens is 1. The minimum Gasteiger partial charge on any atom is -0.465 e. The molecule has 0 bridgehead atoms. The number of hydrogen-bond acceptors (Lipinski definition) is 5. The van der Waals surface area contributed by atoms with Gasteiger partial charge in [0.15, 0.2) is 9.84 Å². The lowest BCUT2D eigenvalue weighted by Crippen LogP contribution is -2.41. The third-order valence-electron chi connectivity index (χ3n) is 4.70. The number of hydrogen-bond donors (Lipinski definition) is 1. The molecule has 5 nitrogen and oxygen atoms in total. The van der Waals surface area contributed by atoms with E-state index in [1.807, 2.05) is 6.92 Å². The van der Waals surface area contributed by atoms with Crippen LogP contribution in [-0.4, -0.2) is 31.8 Å². The van der Waals surface area contributed by atoms with Crippen molar-refractivity contribution in [2.45, 2.75) is 35.4 Å². The van der Waals surface area contributed by atoms with Gasteiger partial charge in [-0.3, -0.25) is 0 Å². The van der Waals surface area contributed by atoms with Crippen molar-refractivity contribution in [1.29, 1.82) is 0 Å². The van der Waals surface area contributed by atoms with Gasteiger partial charge < -0.3 is 10.5 Å². The van der Waals surface area contributed by atoms with Gasteiger partial charge in [0.2, 0.25) is 0 Å². The van der Waals surface area contributed by atoms with Crippen LogP contribution >= 0.6 is 11.6 Å². The van der Waals surface area contributed by atoms with Crippen LogP contribution in [0.15, 0.2) is 53.4 Å². The average molecular weight is 394 g/mol. The van der Waals surface area contributed by atoms with E-state index in [9.17, 15) is 13.2 Å². The molecular formula is C19H20ClNO4S. The summed E-state index contributed by atoms with van der Waals surface area (Å²) in [5.74, 6) is -1.43. The predicted octanol–water partition coefficient (Wildman–Crippen LogP) is 2.85. The molecule has 0 aromatic heterocycles. The number of benzene rings is 2. The van der Waals surface area contributed by atoms with Crippen LogP contribution in [0.4, 0.5) is 0 Å². The number of rotatable bonds is 5. The van der Waals surface area contributed by atoms with Crippen molar-refractivity contribution in [2.75, 3.05) is 6.61 Å². The summed E-state index contributed by atoms with van der Waals surface area (Å²) in [5.41, 5.74) is 6.21. The highest BCUT2D eigenvalue weighted by atomic mass is 35.5. The van der Waals surface area contributed by atoms with Crippen LogP contribution in [0, 0.1) is 6.92 Å². The fourth-order valence-electron chi connectivity index (χ4n) is 3.33. The van der Waals surface area contributed by atoms with Gasteiger partial charge in [0.1, 0.15) is 10.8 Å². The zero-order valence-corrected chi connectivity index (χ0v) is 16.0. The summed E-state index contributed by atoms with van der Waals surface area (Å²) in [6.45, 7) is 3.65. The second-order valence-corrected chi connectivity index (χ2v) is 8.97. The number of sulfone groups is 1. The average Bonchev–Trinajstić information content (AvgIpc) is 3.24. The van der Waals surface area contributed by atoms with Gasteiger partial charge in [-0.1, -0.05) is 41.4 Å². The maximum absolute atomic E-state index is 13.2. The van der Waals surface area contributed by atoms with Crippen LogP contribution < -0.4 is 5.73 Å². The SMILES string of the molecule is CCOC(=O)[C@]1(N)[C@H](c2cccc(Cl)c2)[C@H]1S(=O)(=O)c1ccc(C)cc1. The lowest BCUT2D eigenvalue weighted by Gasteiger charge is -2.11. The molecule has 0 aliphatic heterocycles. The molecule has 26 heavy (non-hydrogen) atoms. The van der Waals surface area contributed by atoms with Crippen LogP contribution in [0.1, 0.15) is 24.0 Å². The largest absolute Gasteiger partial charge is 0.465 e. The lowest BCUT2D eigenvalue weighted by molar-refractivity contribution is -0.145. The molecule has 7 heteroatoms. The zero-order valence-electron chi connectivity index (χ0n) is 14.5. The van der Waals surface area contributed by atoms with E-state index in [4.69, 9.17) is 22.1 Å². The first-order chi connectivity index (χ1) is 12.2. The number of ether oxygens (including phenoxy) is 1. The summed E-state index contributed by atoms with van der Waals surface area (Å²) in [6, 6.07) is 13.2. The van der Waals surface area contributed by atoms with Crippen LogP contribution in [-0.2, 0) is 19.4 Å². The first-order valence-corrected chi connectivity index (χ1v) is 10.2. The van der Waals surface area contributed by atoms with Crippen molar-refractivity contribution >= 4 is 27.4 Å². The van der Waals surface area contributed by atoms with Crippen molar-refractivity contribution in [1.82, 2.24) is 0 Å². The first-order valence-electron chi connectivity index (χ1n) is 8.25. The number of nitrogens with two attached hydrogens (primary N) is 1. The van der Waals surface area contributed by atoms with E-state index in [0.717, 1.165) is 5.56 Å². The maximum atomic E-state index is 13.2. The molecule has 0 saturated heterocycles. The third kappa shape index (κ3) is 3.02. The van der Waals surface area contributed by atoms with Crippen LogP contribution in [0.3, 0.4) is 0 Å². The molecule has 1 saturated carbocycles. The zero-order chi connectivity index (χ0) is 19.1. The Morgan fingerprint density at radius 2 is 1.88 bits per heavy atom. The normalized spacial score (nSPS) is 24.9. The maximum Gasteiger partial charge on any atom is 0.328 e. The Hall–Kier alpha value is -1.89. The lowest BCUT2D eigenvalue weighted by atomic mass is 10.1. The quantitative estimate of drug-likeness (QED) is 0.789. The monoisotopic (exact) mass is 393 g/mol. The van der Waals surface area contributed by atoms with Crippen molar-refractivity contribution in [3.8, 4) is 0 Å². The van der Waals surface area contributed by atoms with Gasteiger partial charge in [-0.15, -0.1) is 0 Å². The van der Waals surface area contributed by atoms with Gasteiger partial charge in [0, 0.05) is 10.9 Å².